The summed E-state index contributed by atoms with van der Waals surface area (Å²) in [5, 5.41) is 8.85. The number of aliphatic hydroxyl groups excluding tert-OH is 1. The lowest BCUT2D eigenvalue weighted by atomic mass is 10.1. The van der Waals surface area contributed by atoms with Crippen molar-refractivity contribution >= 4 is 0 Å². The van der Waals surface area contributed by atoms with Gasteiger partial charge in [-0.15, -0.1) is 0 Å². The quantitative estimate of drug-likeness (QED) is 0.778. The number of nitrogens with zero attached hydrogens (tertiary/aromatic N) is 1. The fraction of sp³-hybridized carbons (Fsp3) is 0.600. The molecule has 1 aliphatic rings. The van der Waals surface area contributed by atoms with Gasteiger partial charge in [-0.3, -0.25) is 14.3 Å². The molecule has 1 aliphatic carbocycles. The Bertz CT molecular complexity index is 523. The van der Waals surface area contributed by atoms with E-state index in [0.29, 0.717) is 0 Å². The van der Waals surface area contributed by atoms with Crippen LogP contribution in [0.15, 0.2) is 21.9 Å². The van der Waals surface area contributed by atoms with Gasteiger partial charge in [-0.2, -0.15) is 0 Å². The van der Waals surface area contributed by atoms with Gasteiger partial charge in [-0.25, -0.2) is 13.6 Å². The van der Waals surface area contributed by atoms with Crippen molar-refractivity contribution in [1.82, 2.24) is 9.55 Å². The van der Waals surface area contributed by atoms with E-state index >= 15 is 0 Å². The summed E-state index contributed by atoms with van der Waals surface area (Å²) in [5.41, 5.74) is -1.47. The Balaban J connectivity index is 2.42. The number of hydrogen-bond donors (Lipinski definition) is 2. The van der Waals surface area contributed by atoms with Crippen LogP contribution in [-0.4, -0.2) is 27.2 Å². The molecule has 0 aliphatic heterocycles. The minimum atomic E-state index is -3.14. The predicted molar refractivity (Wildman–Crippen MR) is 55.1 cm³/mol. The number of aromatic amines is 1. The first-order chi connectivity index (χ1) is 7.96. The van der Waals surface area contributed by atoms with Gasteiger partial charge in [-0.05, 0) is 12.8 Å². The molecule has 7 heteroatoms. The summed E-state index contributed by atoms with van der Waals surface area (Å²) in [6.45, 7) is -0.610. The van der Waals surface area contributed by atoms with Crippen LogP contribution in [0, 0.1) is 5.92 Å². The smallest absolute Gasteiger partial charge is 0.328 e. The molecule has 0 unspecified atom stereocenters. The third-order valence-corrected chi connectivity index (χ3v) is 3.18. The highest BCUT2D eigenvalue weighted by Crippen LogP contribution is 2.46. The van der Waals surface area contributed by atoms with Crippen LogP contribution >= 0.6 is 0 Å². The third-order valence-electron chi connectivity index (χ3n) is 3.18. The van der Waals surface area contributed by atoms with E-state index in [0.717, 1.165) is 16.8 Å². The van der Waals surface area contributed by atoms with Gasteiger partial charge in [0.25, 0.3) is 11.5 Å². The van der Waals surface area contributed by atoms with Crippen molar-refractivity contribution in [2.45, 2.75) is 24.8 Å². The summed E-state index contributed by atoms with van der Waals surface area (Å²) in [7, 11) is 0. The van der Waals surface area contributed by atoms with Crippen LogP contribution in [0.4, 0.5) is 8.78 Å². The first-order valence-electron chi connectivity index (χ1n) is 5.27. The van der Waals surface area contributed by atoms with Gasteiger partial charge >= 0.3 is 5.69 Å². The van der Waals surface area contributed by atoms with E-state index in [1.54, 1.807) is 0 Å². The van der Waals surface area contributed by atoms with Crippen LogP contribution < -0.4 is 11.2 Å². The van der Waals surface area contributed by atoms with E-state index in [-0.39, 0.29) is 12.8 Å². The fourth-order valence-corrected chi connectivity index (χ4v) is 2.23. The Morgan fingerprint density at radius 1 is 1.47 bits per heavy atom. The van der Waals surface area contributed by atoms with Crippen LogP contribution in [0.25, 0.3) is 0 Å². The molecular formula is C10H12F2N2O3. The molecule has 1 aromatic rings. The molecule has 0 bridgehead atoms. The predicted octanol–water partition coefficient (Wildman–Crippen LogP) is 0.115. The summed E-state index contributed by atoms with van der Waals surface area (Å²) in [6, 6.07) is -0.270. The molecule has 2 atom stereocenters. The second-order valence-corrected chi connectivity index (χ2v) is 4.16. The van der Waals surface area contributed by atoms with Gasteiger partial charge in [0.1, 0.15) is 6.04 Å². The lowest BCUT2D eigenvalue weighted by Crippen LogP contribution is -2.40. The van der Waals surface area contributed by atoms with Crippen molar-refractivity contribution in [3.8, 4) is 0 Å². The van der Waals surface area contributed by atoms with Gasteiger partial charge < -0.3 is 5.11 Å². The van der Waals surface area contributed by atoms with E-state index < -0.39 is 35.7 Å². The minimum Gasteiger partial charge on any atom is -0.396 e. The van der Waals surface area contributed by atoms with Gasteiger partial charge in [-0.1, -0.05) is 0 Å². The van der Waals surface area contributed by atoms with Crippen LogP contribution in [-0.2, 0) is 0 Å². The molecule has 0 aromatic carbocycles. The molecule has 0 radical (unpaired) electrons. The minimum absolute atomic E-state index is 0.101. The van der Waals surface area contributed by atoms with E-state index in [1.165, 1.54) is 0 Å². The number of alkyl halides is 2. The summed E-state index contributed by atoms with van der Waals surface area (Å²) in [6.07, 6.45) is 1.32. The Morgan fingerprint density at radius 2 is 2.18 bits per heavy atom. The zero-order chi connectivity index (χ0) is 12.6. The number of hydrogen-bond acceptors (Lipinski definition) is 3. The highest BCUT2D eigenvalue weighted by atomic mass is 19.3. The number of H-pyrrole nitrogens is 1. The van der Waals surface area contributed by atoms with Crippen molar-refractivity contribution in [1.29, 1.82) is 0 Å². The molecule has 1 aromatic heterocycles. The normalized spacial score (nSPS) is 27.2. The molecule has 94 valence electrons. The number of aromatic nitrogens is 2. The van der Waals surface area contributed by atoms with Gasteiger partial charge in [0.2, 0.25) is 0 Å². The Hall–Kier alpha value is -1.50. The molecule has 5 nitrogen and oxygen atoms in total. The largest absolute Gasteiger partial charge is 0.396 e. The Labute approximate surface area is 94.7 Å². The number of aliphatic hydroxyl groups is 1. The first-order valence-corrected chi connectivity index (χ1v) is 5.27. The second kappa shape index (κ2) is 4.06. The summed E-state index contributed by atoms with van der Waals surface area (Å²) in [4.78, 5) is 24.2. The SMILES string of the molecule is O=c1ccn([C@@H]2CC[C@@H](CO)C2(F)F)c(=O)[nH]1. The number of nitrogens with one attached hydrogen (secondary N) is 1. The maximum atomic E-state index is 13.8. The van der Waals surface area contributed by atoms with E-state index in [9.17, 15) is 18.4 Å². The fourth-order valence-electron chi connectivity index (χ4n) is 2.23. The van der Waals surface area contributed by atoms with Crippen molar-refractivity contribution < 1.29 is 13.9 Å². The molecule has 17 heavy (non-hydrogen) atoms. The lowest BCUT2D eigenvalue weighted by Gasteiger charge is -2.24. The highest BCUT2D eigenvalue weighted by Gasteiger charge is 2.52. The Kier molecular flexibility index (Phi) is 2.86. The van der Waals surface area contributed by atoms with Crippen molar-refractivity contribution in [3.05, 3.63) is 33.1 Å². The molecule has 0 saturated heterocycles. The summed E-state index contributed by atoms with van der Waals surface area (Å²) < 4.78 is 28.5. The maximum absolute atomic E-state index is 13.8. The molecule has 1 fully saturated rings. The van der Waals surface area contributed by atoms with E-state index in [1.807, 2.05) is 4.98 Å². The van der Waals surface area contributed by atoms with E-state index in [4.69, 9.17) is 5.11 Å². The molecule has 1 saturated carbocycles. The highest BCUT2D eigenvalue weighted by molar-refractivity contribution is 4.98. The standard InChI is InChI=1S/C10H12F2N2O3/c11-10(12)6(5-15)1-2-7(10)14-4-3-8(16)13-9(14)17/h3-4,6-7,15H,1-2,5H2,(H,13,16,17)/t6-,7+/m0/s1. The topological polar surface area (TPSA) is 75.1 Å². The molecule has 0 spiro atoms. The molecule has 0 amide bonds. The maximum Gasteiger partial charge on any atom is 0.328 e. The third kappa shape index (κ3) is 1.90. The lowest BCUT2D eigenvalue weighted by molar-refractivity contribution is -0.0848. The zero-order valence-electron chi connectivity index (χ0n) is 8.90. The molecule has 2 N–H and O–H groups in total. The molecule has 1 heterocycles. The molecule has 2 rings (SSSR count). The van der Waals surface area contributed by atoms with Gasteiger partial charge in [0, 0.05) is 18.2 Å². The second-order valence-electron chi connectivity index (χ2n) is 4.16. The Morgan fingerprint density at radius 3 is 2.71 bits per heavy atom. The number of rotatable bonds is 2. The summed E-state index contributed by atoms with van der Waals surface area (Å²) >= 11 is 0. The molecular weight excluding hydrogens is 234 g/mol. The van der Waals surface area contributed by atoms with Crippen LogP contribution in [0.1, 0.15) is 18.9 Å². The average molecular weight is 246 g/mol. The van der Waals surface area contributed by atoms with Crippen LogP contribution in [0.2, 0.25) is 0 Å². The van der Waals surface area contributed by atoms with Crippen molar-refractivity contribution in [2.75, 3.05) is 6.61 Å². The number of halogens is 2. The first kappa shape index (κ1) is 12.0. The monoisotopic (exact) mass is 246 g/mol. The zero-order valence-corrected chi connectivity index (χ0v) is 8.90. The van der Waals surface area contributed by atoms with Crippen molar-refractivity contribution in [3.63, 3.8) is 0 Å². The van der Waals surface area contributed by atoms with E-state index in [2.05, 4.69) is 0 Å². The van der Waals surface area contributed by atoms with Crippen LogP contribution in [0.3, 0.4) is 0 Å². The van der Waals surface area contributed by atoms with Gasteiger partial charge in [0.05, 0.1) is 6.61 Å². The van der Waals surface area contributed by atoms with Crippen LogP contribution in [0.5, 0.6) is 0 Å². The average Bonchev–Trinajstić information content (AvgIpc) is 2.54. The van der Waals surface area contributed by atoms with Gasteiger partial charge in [0.15, 0.2) is 0 Å². The summed E-state index contributed by atoms with van der Waals surface area (Å²) in [5.74, 6) is -4.28. The van der Waals surface area contributed by atoms with Crippen molar-refractivity contribution in [2.24, 2.45) is 5.92 Å².